The molecular weight excluding hydrogens is 315 g/mol. The Morgan fingerprint density at radius 2 is 1.84 bits per heavy atom. The molecule has 4 rings (SSSR count). The number of nitrogens with zero attached hydrogens (tertiary/aromatic N) is 2. The standard InChI is InChI=1S/C20H21FN4/c1-13(14-10-11-14)23-19-16-7-3-5-9-18(16)24-20(25-19)22-12-15-6-2-4-8-17(15)21/h2-9,13-14H,10-12H2,1H3,(H2,22,23,24,25). The van der Waals surface area contributed by atoms with E-state index in [1.165, 1.54) is 18.9 Å². The third-order valence-electron chi connectivity index (χ3n) is 4.69. The van der Waals surface area contributed by atoms with Crippen molar-refractivity contribution < 1.29 is 4.39 Å². The van der Waals surface area contributed by atoms with Crippen LogP contribution in [0.15, 0.2) is 48.5 Å². The summed E-state index contributed by atoms with van der Waals surface area (Å²) in [6.45, 7) is 2.55. The van der Waals surface area contributed by atoms with Crippen LogP contribution in [0.4, 0.5) is 16.2 Å². The van der Waals surface area contributed by atoms with E-state index in [4.69, 9.17) is 0 Å². The monoisotopic (exact) mass is 336 g/mol. The number of anilines is 2. The minimum absolute atomic E-state index is 0.225. The maximum Gasteiger partial charge on any atom is 0.225 e. The summed E-state index contributed by atoms with van der Waals surface area (Å²) in [7, 11) is 0. The van der Waals surface area contributed by atoms with Gasteiger partial charge in [-0.3, -0.25) is 0 Å². The van der Waals surface area contributed by atoms with Gasteiger partial charge in [0.05, 0.1) is 5.52 Å². The van der Waals surface area contributed by atoms with Gasteiger partial charge in [0.2, 0.25) is 5.95 Å². The molecule has 0 bridgehead atoms. The summed E-state index contributed by atoms with van der Waals surface area (Å²) in [6.07, 6.45) is 2.55. The summed E-state index contributed by atoms with van der Waals surface area (Å²) >= 11 is 0. The first-order valence-corrected chi connectivity index (χ1v) is 8.71. The molecule has 4 nitrogen and oxygen atoms in total. The predicted octanol–water partition coefficient (Wildman–Crippen LogP) is 4.59. The molecule has 2 aromatic carbocycles. The molecule has 2 N–H and O–H groups in total. The van der Waals surface area contributed by atoms with Crippen molar-refractivity contribution in [2.75, 3.05) is 10.6 Å². The first-order chi connectivity index (χ1) is 12.2. The lowest BCUT2D eigenvalue weighted by molar-refractivity contribution is 0.612. The molecule has 1 heterocycles. The van der Waals surface area contributed by atoms with Gasteiger partial charge in [-0.2, -0.15) is 4.98 Å². The second-order valence-electron chi connectivity index (χ2n) is 6.63. The Kier molecular flexibility index (Phi) is 4.22. The Labute approximate surface area is 146 Å². The molecule has 1 aromatic heterocycles. The number of halogens is 1. The van der Waals surface area contributed by atoms with Gasteiger partial charge in [0, 0.05) is 23.5 Å². The molecule has 0 spiro atoms. The molecule has 128 valence electrons. The van der Waals surface area contributed by atoms with Crippen LogP contribution >= 0.6 is 0 Å². The lowest BCUT2D eigenvalue weighted by Gasteiger charge is -2.16. The summed E-state index contributed by atoms with van der Waals surface area (Å²) in [5.41, 5.74) is 1.47. The third kappa shape index (κ3) is 3.55. The van der Waals surface area contributed by atoms with E-state index in [2.05, 4.69) is 27.5 Å². The largest absolute Gasteiger partial charge is 0.367 e. The highest BCUT2D eigenvalue weighted by atomic mass is 19.1. The number of rotatable bonds is 6. The molecule has 0 radical (unpaired) electrons. The van der Waals surface area contributed by atoms with E-state index >= 15 is 0 Å². The first kappa shape index (κ1) is 15.8. The van der Waals surface area contributed by atoms with E-state index in [1.54, 1.807) is 12.1 Å². The number of hydrogen-bond acceptors (Lipinski definition) is 4. The SMILES string of the molecule is CC(Nc1nc(NCc2ccccc2F)nc2ccccc12)C1CC1. The zero-order chi connectivity index (χ0) is 17.2. The summed E-state index contributed by atoms with van der Waals surface area (Å²) in [6, 6.07) is 15.1. The fourth-order valence-electron chi connectivity index (χ4n) is 3.01. The van der Waals surface area contributed by atoms with Gasteiger partial charge >= 0.3 is 0 Å². The van der Waals surface area contributed by atoms with Crippen LogP contribution in [-0.4, -0.2) is 16.0 Å². The average Bonchev–Trinajstić information content (AvgIpc) is 3.46. The van der Waals surface area contributed by atoms with Gasteiger partial charge in [-0.1, -0.05) is 30.3 Å². The number of hydrogen-bond donors (Lipinski definition) is 2. The fraction of sp³-hybridized carbons (Fsp3) is 0.300. The summed E-state index contributed by atoms with van der Waals surface area (Å²) < 4.78 is 13.8. The van der Waals surface area contributed by atoms with Gasteiger partial charge in [-0.25, -0.2) is 9.37 Å². The van der Waals surface area contributed by atoms with Crippen molar-refractivity contribution >= 4 is 22.7 Å². The van der Waals surface area contributed by atoms with Crippen LogP contribution < -0.4 is 10.6 Å². The molecule has 1 atom stereocenters. The third-order valence-corrected chi connectivity index (χ3v) is 4.69. The van der Waals surface area contributed by atoms with Crippen LogP contribution in [0.1, 0.15) is 25.3 Å². The van der Waals surface area contributed by atoms with Crippen molar-refractivity contribution in [2.45, 2.75) is 32.4 Å². The van der Waals surface area contributed by atoms with Crippen LogP contribution in [-0.2, 0) is 6.54 Å². The molecule has 1 unspecified atom stereocenters. The van der Waals surface area contributed by atoms with Gasteiger partial charge < -0.3 is 10.6 Å². The van der Waals surface area contributed by atoms with Crippen molar-refractivity contribution in [3.63, 3.8) is 0 Å². The second kappa shape index (κ2) is 6.67. The van der Waals surface area contributed by atoms with E-state index < -0.39 is 0 Å². The lowest BCUT2D eigenvalue weighted by atomic mass is 10.2. The average molecular weight is 336 g/mol. The Morgan fingerprint density at radius 3 is 2.64 bits per heavy atom. The molecular formula is C20H21FN4. The van der Waals surface area contributed by atoms with E-state index in [1.807, 2.05) is 30.3 Å². The zero-order valence-corrected chi connectivity index (χ0v) is 14.2. The molecule has 1 fully saturated rings. The van der Waals surface area contributed by atoms with Gasteiger partial charge in [0.15, 0.2) is 0 Å². The van der Waals surface area contributed by atoms with E-state index in [0.29, 0.717) is 24.1 Å². The van der Waals surface area contributed by atoms with Gasteiger partial charge in [-0.05, 0) is 43.9 Å². The molecule has 0 amide bonds. The Balaban J connectivity index is 1.61. The van der Waals surface area contributed by atoms with Crippen molar-refractivity contribution in [1.29, 1.82) is 0 Å². The molecule has 1 aliphatic rings. The van der Waals surface area contributed by atoms with Crippen LogP contribution in [0.25, 0.3) is 10.9 Å². The van der Waals surface area contributed by atoms with Crippen LogP contribution in [0, 0.1) is 11.7 Å². The highest BCUT2D eigenvalue weighted by Gasteiger charge is 2.28. The van der Waals surface area contributed by atoms with Gasteiger partial charge in [-0.15, -0.1) is 0 Å². The van der Waals surface area contributed by atoms with Crippen LogP contribution in [0.5, 0.6) is 0 Å². The fourth-order valence-corrected chi connectivity index (χ4v) is 3.01. The number of para-hydroxylation sites is 1. The maximum absolute atomic E-state index is 13.8. The maximum atomic E-state index is 13.8. The minimum Gasteiger partial charge on any atom is -0.367 e. The molecule has 1 aliphatic carbocycles. The minimum atomic E-state index is -0.225. The predicted molar refractivity (Wildman–Crippen MR) is 99.1 cm³/mol. The normalized spacial score (nSPS) is 15.1. The molecule has 0 saturated heterocycles. The Hall–Kier alpha value is -2.69. The van der Waals surface area contributed by atoms with Crippen molar-refractivity contribution in [3.8, 4) is 0 Å². The lowest BCUT2D eigenvalue weighted by Crippen LogP contribution is -2.19. The quantitative estimate of drug-likeness (QED) is 0.691. The van der Waals surface area contributed by atoms with Crippen molar-refractivity contribution in [1.82, 2.24) is 9.97 Å². The van der Waals surface area contributed by atoms with Crippen molar-refractivity contribution in [2.24, 2.45) is 5.92 Å². The van der Waals surface area contributed by atoms with Gasteiger partial charge in [0.1, 0.15) is 11.6 Å². The summed E-state index contributed by atoms with van der Waals surface area (Å²) in [5, 5.41) is 7.69. The van der Waals surface area contributed by atoms with E-state index in [0.717, 1.165) is 22.6 Å². The highest BCUT2D eigenvalue weighted by molar-refractivity contribution is 5.90. The van der Waals surface area contributed by atoms with E-state index in [-0.39, 0.29) is 5.82 Å². The van der Waals surface area contributed by atoms with Crippen molar-refractivity contribution in [3.05, 3.63) is 59.9 Å². The summed E-state index contributed by atoms with van der Waals surface area (Å²) in [4.78, 5) is 9.20. The zero-order valence-electron chi connectivity index (χ0n) is 14.2. The summed E-state index contributed by atoms with van der Waals surface area (Å²) in [5.74, 6) is 1.84. The first-order valence-electron chi connectivity index (χ1n) is 8.71. The number of nitrogens with one attached hydrogen (secondary N) is 2. The number of aromatic nitrogens is 2. The topological polar surface area (TPSA) is 49.8 Å². The molecule has 0 aliphatic heterocycles. The molecule has 25 heavy (non-hydrogen) atoms. The molecule has 5 heteroatoms. The number of benzene rings is 2. The highest BCUT2D eigenvalue weighted by Crippen LogP contribution is 2.34. The molecule has 3 aromatic rings. The Bertz CT molecular complexity index is 892. The van der Waals surface area contributed by atoms with E-state index in [9.17, 15) is 4.39 Å². The number of fused-ring (bicyclic) bond motifs is 1. The Morgan fingerprint density at radius 1 is 1.08 bits per heavy atom. The molecule has 1 saturated carbocycles. The van der Waals surface area contributed by atoms with Gasteiger partial charge in [0.25, 0.3) is 0 Å². The van der Waals surface area contributed by atoms with Crippen LogP contribution in [0.3, 0.4) is 0 Å². The second-order valence-corrected chi connectivity index (χ2v) is 6.63. The smallest absolute Gasteiger partial charge is 0.225 e. The van der Waals surface area contributed by atoms with Crippen LogP contribution in [0.2, 0.25) is 0 Å².